The standard InChI is InChI=1S/C14H13BrN4O2S2/c15-12-4-5-13(22-12)23(20,21)18-8-10-19-9-7-17-14(19)11-3-1-2-6-16-11/h1-7,9,18H,8,10H2. The van der Waals surface area contributed by atoms with Gasteiger partial charge in [0.05, 0.1) is 3.79 Å². The van der Waals surface area contributed by atoms with E-state index < -0.39 is 10.0 Å². The molecule has 0 radical (unpaired) electrons. The third-order valence-corrected chi connectivity index (χ3v) is 6.64. The summed E-state index contributed by atoms with van der Waals surface area (Å²) in [6, 6.07) is 8.89. The number of nitrogens with one attached hydrogen (secondary N) is 1. The molecule has 23 heavy (non-hydrogen) atoms. The fourth-order valence-corrected chi connectivity index (χ4v) is 5.11. The van der Waals surface area contributed by atoms with E-state index >= 15 is 0 Å². The lowest BCUT2D eigenvalue weighted by molar-refractivity contribution is 0.575. The van der Waals surface area contributed by atoms with Crippen LogP contribution in [0.4, 0.5) is 0 Å². The first-order valence-corrected chi connectivity index (χ1v) is 9.83. The minimum atomic E-state index is -3.48. The molecule has 0 bridgehead atoms. The van der Waals surface area contributed by atoms with Crippen LogP contribution in [0.5, 0.6) is 0 Å². The SMILES string of the molecule is O=S(=O)(NCCn1ccnc1-c1ccccn1)c1ccc(Br)s1. The number of hydrogen-bond donors (Lipinski definition) is 1. The number of pyridine rings is 1. The molecule has 6 nitrogen and oxygen atoms in total. The predicted octanol–water partition coefficient (Wildman–Crippen LogP) is 2.75. The third-order valence-electron chi connectivity index (χ3n) is 3.07. The van der Waals surface area contributed by atoms with Crippen LogP contribution in [0.1, 0.15) is 0 Å². The summed E-state index contributed by atoms with van der Waals surface area (Å²) in [5.74, 6) is 0.712. The first kappa shape index (κ1) is 16.3. The molecule has 0 spiro atoms. The Morgan fingerprint density at radius 1 is 1.17 bits per heavy atom. The zero-order chi connectivity index (χ0) is 16.3. The molecule has 0 saturated heterocycles. The van der Waals surface area contributed by atoms with E-state index in [1.54, 1.807) is 30.7 Å². The zero-order valence-corrected chi connectivity index (χ0v) is 15.1. The van der Waals surface area contributed by atoms with Crippen molar-refractivity contribution in [1.82, 2.24) is 19.3 Å². The molecule has 0 saturated carbocycles. The molecule has 0 aliphatic carbocycles. The summed E-state index contributed by atoms with van der Waals surface area (Å²) in [5.41, 5.74) is 0.752. The van der Waals surface area contributed by atoms with Crippen LogP contribution in [0.3, 0.4) is 0 Å². The van der Waals surface area contributed by atoms with Gasteiger partial charge in [-0.15, -0.1) is 11.3 Å². The molecule has 120 valence electrons. The van der Waals surface area contributed by atoms with Crippen LogP contribution < -0.4 is 4.72 Å². The van der Waals surface area contributed by atoms with Gasteiger partial charge in [-0.2, -0.15) is 0 Å². The Kier molecular flexibility index (Phi) is 4.90. The fraction of sp³-hybridized carbons (Fsp3) is 0.143. The number of imidazole rings is 1. The molecular formula is C14H13BrN4O2S2. The third kappa shape index (κ3) is 3.86. The summed E-state index contributed by atoms with van der Waals surface area (Å²) in [7, 11) is -3.48. The Morgan fingerprint density at radius 3 is 2.74 bits per heavy atom. The number of aromatic nitrogens is 3. The Morgan fingerprint density at radius 2 is 2.04 bits per heavy atom. The highest BCUT2D eigenvalue weighted by molar-refractivity contribution is 9.11. The molecule has 3 aromatic heterocycles. The van der Waals surface area contributed by atoms with Gasteiger partial charge < -0.3 is 4.57 Å². The molecule has 0 fully saturated rings. The predicted molar refractivity (Wildman–Crippen MR) is 92.7 cm³/mol. The number of hydrogen-bond acceptors (Lipinski definition) is 5. The first-order valence-electron chi connectivity index (χ1n) is 6.74. The van der Waals surface area contributed by atoms with Crippen LogP contribution in [0.25, 0.3) is 11.5 Å². The normalized spacial score (nSPS) is 11.7. The Bertz CT molecular complexity index is 890. The first-order chi connectivity index (χ1) is 11.1. The van der Waals surface area contributed by atoms with Gasteiger partial charge in [0.25, 0.3) is 0 Å². The molecule has 3 heterocycles. The Hall–Kier alpha value is -1.55. The van der Waals surface area contributed by atoms with Crippen LogP contribution in [0.2, 0.25) is 0 Å². The van der Waals surface area contributed by atoms with E-state index in [0.29, 0.717) is 16.6 Å². The lowest BCUT2D eigenvalue weighted by atomic mass is 10.3. The van der Waals surface area contributed by atoms with E-state index in [1.165, 1.54) is 11.3 Å². The monoisotopic (exact) mass is 412 g/mol. The topological polar surface area (TPSA) is 76.9 Å². The number of thiophene rings is 1. The van der Waals surface area contributed by atoms with Gasteiger partial charge >= 0.3 is 0 Å². The van der Waals surface area contributed by atoms with E-state index in [2.05, 4.69) is 30.6 Å². The maximum atomic E-state index is 12.2. The van der Waals surface area contributed by atoms with Crippen molar-refractivity contribution in [2.75, 3.05) is 6.54 Å². The number of halogens is 1. The molecule has 3 rings (SSSR count). The Balaban J connectivity index is 1.67. The number of nitrogens with zero attached hydrogens (tertiary/aromatic N) is 3. The summed E-state index contributed by atoms with van der Waals surface area (Å²) in [5, 5.41) is 0. The van der Waals surface area contributed by atoms with E-state index in [-0.39, 0.29) is 6.54 Å². The minimum Gasteiger partial charge on any atom is -0.328 e. The van der Waals surface area contributed by atoms with Crippen molar-refractivity contribution >= 4 is 37.3 Å². The summed E-state index contributed by atoms with van der Waals surface area (Å²) >= 11 is 4.45. The molecule has 0 amide bonds. The van der Waals surface area contributed by atoms with Crippen LogP contribution in [-0.2, 0) is 16.6 Å². The fourth-order valence-electron chi connectivity index (χ4n) is 2.03. The lowest BCUT2D eigenvalue weighted by Gasteiger charge is -2.08. The molecular weight excluding hydrogens is 400 g/mol. The largest absolute Gasteiger partial charge is 0.328 e. The van der Waals surface area contributed by atoms with Crippen molar-refractivity contribution in [3.8, 4) is 11.5 Å². The number of rotatable bonds is 6. The van der Waals surface area contributed by atoms with E-state index in [4.69, 9.17) is 0 Å². The molecule has 0 aromatic carbocycles. The highest BCUT2D eigenvalue weighted by Crippen LogP contribution is 2.25. The van der Waals surface area contributed by atoms with E-state index in [9.17, 15) is 8.42 Å². The van der Waals surface area contributed by atoms with E-state index in [0.717, 1.165) is 9.48 Å². The van der Waals surface area contributed by atoms with Crippen molar-refractivity contribution in [2.24, 2.45) is 0 Å². The number of sulfonamides is 1. The van der Waals surface area contributed by atoms with Gasteiger partial charge in [0.2, 0.25) is 10.0 Å². The van der Waals surface area contributed by atoms with Gasteiger partial charge in [0.1, 0.15) is 9.90 Å². The van der Waals surface area contributed by atoms with Gasteiger partial charge in [-0.1, -0.05) is 6.07 Å². The van der Waals surface area contributed by atoms with Gasteiger partial charge in [-0.3, -0.25) is 4.98 Å². The van der Waals surface area contributed by atoms with Crippen molar-refractivity contribution in [3.63, 3.8) is 0 Å². The van der Waals surface area contributed by atoms with Gasteiger partial charge in [0.15, 0.2) is 5.82 Å². The Labute approximate surface area is 146 Å². The highest BCUT2D eigenvalue weighted by Gasteiger charge is 2.16. The smallest absolute Gasteiger partial charge is 0.250 e. The molecule has 0 atom stereocenters. The second kappa shape index (κ2) is 6.91. The van der Waals surface area contributed by atoms with Crippen LogP contribution in [-0.4, -0.2) is 29.5 Å². The molecule has 0 aliphatic rings. The second-order valence-electron chi connectivity index (χ2n) is 4.62. The maximum Gasteiger partial charge on any atom is 0.250 e. The summed E-state index contributed by atoms with van der Waals surface area (Å²) in [6.07, 6.45) is 5.18. The second-order valence-corrected chi connectivity index (χ2v) is 9.07. The highest BCUT2D eigenvalue weighted by atomic mass is 79.9. The zero-order valence-electron chi connectivity index (χ0n) is 11.9. The molecule has 0 aliphatic heterocycles. The summed E-state index contributed by atoms with van der Waals surface area (Å²) in [4.78, 5) is 8.55. The average molecular weight is 413 g/mol. The van der Waals surface area contributed by atoms with Crippen LogP contribution in [0.15, 0.2) is 56.9 Å². The van der Waals surface area contributed by atoms with Gasteiger partial charge in [-0.25, -0.2) is 18.1 Å². The molecule has 9 heteroatoms. The minimum absolute atomic E-state index is 0.272. The maximum absolute atomic E-state index is 12.2. The summed E-state index contributed by atoms with van der Waals surface area (Å²) in [6.45, 7) is 0.742. The van der Waals surface area contributed by atoms with Crippen LogP contribution in [0, 0.1) is 0 Å². The lowest BCUT2D eigenvalue weighted by Crippen LogP contribution is -2.26. The van der Waals surface area contributed by atoms with Crippen molar-refractivity contribution in [3.05, 3.63) is 52.7 Å². The molecule has 1 N–H and O–H groups in total. The quantitative estimate of drug-likeness (QED) is 0.674. The van der Waals surface area contributed by atoms with Crippen molar-refractivity contribution in [1.29, 1.82) is 0 Å². The van der Waals surface area contributed by atoms with Crippen molar-refractivity contribution < 1.29 is 8.42 Å². The van der Waals surface area contributed by atoms with Crippen molar-refractivity contribution in [2.45, 2.75) is 10.8 Å². The average Bonchev–Trinajstić information content (AvgIpc) is 3.17. The summed E-state index contributed by atoms with van der Waals surface area (Å²) < 4.78 is 29.9. The molecule has 3 aromatic rings. The van der Waals surface area contributed by atoms with E-state index in [1.807, 2.05) is 22.8 Å². The molecule has 0 unspecified atom stereocenters. The van der Waals surface area contributed by atoms with Gasteiger partial charge in [0, 0.05) is 31.7 Å². The van der Waals surface area contributed by atoms with Crippen LogP contribution >= 0.6 is 27.3 Å². The van der Waals surface area contributed by atoms with Gasteiger partial charge in [-0.05, 0) is 40.2 Å².